The Labute approximate surface area is 209 Å². The van der Waals surface area contributed by atoms with Gasteiger partial charge in [0.15, 0.2) is 24.2 Å². The van der Waals surface area contributed by atoms with Crippen LogP contribution in [0.2, 0.25) is 0 Å². The van der Waals surface area contributed by atoms with Crippen LogP contribution in [0.3, 0.4) is 0 Å². The number of esters is 1. The van der Waals surface area contributed by atoms with Gasteiger partial charge in [-0.05, 0) is 43.7 Å². The highest BCUT2D eigenvalue weighted by Crippen LogP contribution is 2.31. The maximum atomic E-state index is 12.9. The second-order valence-electron chi connectivity index (χ2n) is 8.54. The molecule has 186 valence electrons. The first-order valence-corrected chi connectivity index (χ1v) is 11.6. The highest BCUT2D eigenvalue weighted by atomic mass is 16.6. The van der Waals surface area contributed by atoms with Crippen molar-refractivity contribution in [3.63, 3.8) is 0 Å². The summed E-state index contributed by atoms with van der Waals surface area (Å²) in [4.78, 5) is 37.2. The van der Waals surface area contributed by atoms with Crippen molar-refractivity contribution < 1.29 is 28.6 Å². The molecule has 0 aliphatic carbocycles. The lowest BCUT2D eigenvalue weighted by Gasteiger charge is -2.27. The SMILES string of the molecule is CC(=O)N/C(=C\c1ccccc1)C(=O)OCC(=O)c1cc(C)n(C[C@@H]2COc3ccccc3O2)c1C. The summed E-state index contributed by atoms with van der Waals surface area (Å²) in [5.41, 5.74) is 2.77. The maximum Gasteiger partial charge on any atom is 0.355 e. The second-order valence-corrected chi connectivity index (χ2v) is 8.54. The molecule has 0 bridgehead atoms. The molecule has 0 unspecified atom stereocenters. The third kappa shape index (κ3) is 5.83. The standard InChI is InChI=1S/C28H28N2O6/c1-18-13-23(19(2)30(18)15-22-16-34-26-11-7-8-12-27(26)36-22)25(32)17-35-28(33)24(29-20(3)31)14-21-9-5-4-6-10-21/h4-14,22H,15-17H2,1-3H3,(H,29,31)/b24-14-/t22-/m1/s1. The summed E-state index contributed by atoms with van der Waals surface area (Å²) in [5, 5.41) is 2.48. The van der Waals surface area contributed by atoms with Gasteiger partial charge in [0.25, 0.3) is 0 Å². The molecule has 1 aliphatic heterocycles. The van der Waals surface area contributed by atoms with E-state index in [4.69, 9.17) is 14.2 Å². The van der Waals surface area contributed by atoms with Gasteiger partial charge < -0.3 is 24.1 Å². The molecular weight excluding hydrogens is 460 g/mol. The van der Waals surface area contributed by atoms with Crippen molar-refractivity contribution in [2.45, 2.75) is 33.4 Å². The summed E-state index contributed by atoms with van der Waals surface area (Å²) < 4.78 is 19.1. The number of carbonyl (C=O) groups is 3. The molecule has 1 amide bonds. The quantitative estimate of drug-likeness (QED) is 0.294. The predicted molar refractivity (Wildman–Crippen MR) is 134 cm³/mol. The number of aromatic nitrogens is 1. The van der Waals surface area contributed by atoms with Crippen molar-refractivity contribution in [2.24, 2.45) is 0 Å². The lowest BCUT2D eigenvalue weighted by atomic mass is 10.1. The topological polar surface area (TPSA) is 95.9 Å². The van der Waals surface area contributed by atoms with Crippen LogP contribution < -0.4 is 14.8 Å². The first kappa shape index (κ1) is 24.8. The van der Waals surface area contributed by atoms with Gasteiger partial charge in [-0.3, -0.25) is 9.59 Å². The van der Waals surface area contributed by atoms with Crippen molar-refractivity contribution in [3.8, 4) is 11.5 Å². The number of ketones is 1. The number of nitrogens with zero attached hydrogens (tertiary/aromatic N) is 1. The van der Waals surface area contributed by atoms with E-state index < -0.39 is 18.5 Å². The molecule has 8 nitrogen and oxygen atoms in total. The second kappa shape index (κ2) is 10.9. The zero-order chi connectivity index (χ0) is 25.7. The number of benzene rings is 2. The summed E-state index contributed by atoms with van der Waals surface area (Å²) in [6.45, 7) is 5.50. The Hall–Kier alpha value is -4.33. The Kier molecular flexibility index (Phi) is 7.53. The summed E-state index contributed by atoms with van der Waals surface area (Å²) in [7, 11) is 0. The number of Topliss-reactive ketones (excluding diaryl/α,β-unsaturated/α-hetero) is 1. The zero-order valence-corrected chi connectivity index (χ0v) is 20.4. The molecule has 4 rings (SSSR count). The number of fused-ring (bicyclic) bond motifs is 1. The Morgan fingerprint density at radius 1 is 1.06 bits per heavy atom. The molecule has 2 heterocycles. The fourth-order valence-electron chi connectivity index (χ4n) is 4.06. The number of para-hydroxylation sites is 2. The Morgan fingerprint density at radius 3 is 2.47 bits per heavy atom. The highest BCUT2D eigenvalue weighted by molar-refractivity contribution is 6.02. The van der Waals surface area contributed by atoms with Gasteiger partial charge in [-0.15, -0.1) is 0 Å². The van der Waals surface area contributed by atoms with E-state index in [0.29, 0.717) is 35.8 Å². The molecule has 3 aromatic rings. The highest BCUT2D eigenvalue weighted by Gasteiger charge is 2.24. The third-order valence-electron chi connectivity index (χ3n) is 5.80. The van der Waals surface area contributed by atoms with Gasteiger partial charge >= 0.3 is 5.97 Å². The third-order valence-corrected chi connectivity index (χ3v) is 5.80. The van der Waals surface area contributed by atoms with Crippen molar-refractivity contribution in [1.29, 1.82) is 0 Å². The summed E-state index contributed by atoms with van der Waals surface area (Å²) in [6, 6.07) is 18.3. The first-order valence-electron chi connectivity index (χ1n) is 11.6. The van der Waals surface area contributed by atoms with E-state index >= 15 is 0 Å². The molecule has 0 radical (unpaired) electrons. The Morgan fingerprint density at radius 2 is 1.75 bits per heavy atom. The minimum absolute atomic E-state index is 0.0401. The number of hydrogen-bond acceptors (Lipinski definition) is 6. The fourth-order valence-corrected chi connectivity index (χ4v) is 4.06. The minimum atomic E-state index is -0.789. The van der Waals surface area contributed by atoms with E-state index in [9.17, 15) is 14.4 Å². The molecule has 1 aliphatic rings. The molecule has 0 saturated carbocycles. The van der Waals surface area contributed by atoms with E-state index in [1.165, 1.54) is 13.0 Å². The number of carbonyl (C=O) groups excluding carboxylic acids is 3. The molecule has 8 heteroatoms. The van der Waals surface area contributed by atoms with Crippen LogP contribution in [0.5, 0.6) is 11.5 Å². The zero-order valence-electron chi connectivity index (χ0n) is 20.4. The molecule has 1 atom stereocenters. The number of aryl methyl sites for hydroxylation is 1. The maximum absolute atomic E-state index is 12.9. The van der Waals surface area contributed by atoms with Crippen LogP contribution >= 0.6 is 0 Å². The van der Waals surface area contributed by atoms with Gasteiger partial charge in [0.2, 0.25) is 11.7 Å². The molecule has 0 saturated heterocycles. The van der Waals surface area contributed by atoms with Crippen molar-refractivity contribution in [3.05, 3.63) is 88.9 Å². The van der Waals surface area contributed by atoms with E-state index in [-0.39, 0.29) is 17.6 Å². The molecule has 0 fully saturated rings. The van der Waals surface area contributed by atoms with E-state index in [1.54, 1.807) is 18.2 Å². The van der Waals surface area contributed by atoms with Crippen molar-refractivity contribution >= 4 is 23.7 Å². The van der Waals surface area contributed by atoms with Crippen LogP contribution in [0.4, 0.5) is 0 Å². The summed E-state index contributed by atoms with van der Waals surface area (Å²) >= 11 is 0. The average Bonchev–Trinajstić information content (AvgIpc) is 3.15. The number of nitrogens with one attached hydrogen (secondary N) is 1. The Balaban J connectivity index is 1.42. The molecule has 0 spiro atoms. The average molecular weight is 489 g/mol. The van der Waals surface area contributed by atoms with Gasteiger partial charge in [-0.1, -0.05) is 42.5 Å². The normalized spacial score (nSPS) is 14.8. The van der Waals surface area contributed by atoms with Gasteiger partial charge in [0, 0.05) is 23.9 Å². The first-order chi connectivity index (χ1) is 17.3. The smallest absolute Gasteiger partial charge is 0.355 e. The van der Waals surface area contributed by atoms with E-state index in [1.807, 2.05) is 60.9 Å². The lowest BCUT2D eigenvalue weighted by molar-refractivity contribution is -0.139. The summed E-state index contributed by atoms with van der Waals surface area (Å²) in [6.07, 6.45) is 1.29. The van der Waals surface area contributed by atoms with Crippen LogP contribution in [-0.2, 0) is 20.9 Å². The van der Waals surface area contributed by atoms with Crippen LogP contribution in [0.15, 0.2) is 66.4 Å². The van der Waals surface area contributed by atoms with E-state index in [2.05, 4.69) is 5.32 Å². The number of hydrogen-bond donors (Lipinski definition) is 1. The summed E-state index contributed by atoms with van der Waals surface area (Å²) in [5.74, 6) is -0.135. The molecule has 1 aromatic heterocycles. The van der Waals surface area contributed by atoms with Crippen LogP contribution in [0.25, 0.3) is 6.08 Å². The Bertz CT molecular complexity index is 1310. The van der Waals surface area contributed by atoms with Crippen LogP contribution in [-0.4, -0.2) is 41.5 Å². The number of amides is 1. The monoisotopic (exact) mass is 488 g/mol. The molecular formula is C28H28N2O6. The van der Waals surface area contributed by atoms with Gasteiger partial charge in [-0.25, -0.2) is 4.79 Å². The number of rotatable bonds is 8. The van der Waals surface area contributed by atoms with Gasteiger partial charge in [0.05, 0.1) is 6.54 Å². The predicted octanol–water partition coefficient (Wildman–Crippen LogP) is 3.85. The van der Waals surface area contributed by atoms with Crippen LogP contribution in [0, 0.1) is 13.8 Å². The minimum Gasteiger partial charge on any atom is -0.486 e. The largest absolute Gasteiger partial charge is 0.486 e. The van der Waals surface area contributed by atoms with Crippen LogP contribution in [0.1, 0.15) is 34.2 Å². The lowest BCUT2D eigenvalue weighted by Crippen LogP contribution is -2.33. The molecule has 1 N–H and O–H groups in total. The fraction of sp³-hybridized carbons (Fsp3) is 0.250. The molecule has 36 heavy (non-hydrogen) atoms. The number of ether oxygens (including phenoxy) is 3. The van der Waals surface area contributed by atoms with Gasteiger partial charge in [-0.2, -0.15) is 0 Å². The van der Waals surface area contributed by atoms with E-state index in [0.717, 1.165) is 11.4 Å². The van der Waals surface area contributed by atoms with Crippen molar-refractivity contribution in [1.82, 2.24) is 9.88 Å². The molecule has 2 aromatic carbocycles. The van der Waals surface area contributed by atoms with Gasteiger partial charge in [0.1, 0.15) is 12.3 Å². The van der Waals surface area contributed by atoms with Crippen molar-refractivity contribution in [2.75, 3.05) is 13.2 Å².